The molecular formula is C26H33ClF3N3O4S. The second-order valence-corrected chi connectivity index (χ2v) is 11.5. The summed E-state index contributed by atoms with van der Waals surface area (Å²) in [5.74, 6) is -1.18. The van der Waals surface area contributed by atoms with Crippen LogP contribution in [0.4, 0.5) is 18.9 Å². The molecule has 0 aliphatic carbocycles. The van der Waals surface area contributed by atoms with Crippen molar-refractivity contribution in [2.45, 2.75) is 65.3 Å². The molecule has 2 unspecified atom stereocenters. The molecule has 38 heavy (non-hydrogen) atoms. The molecule has 0 radical (unpaired) electrons. The summed E-state index contributed by atoms with van der Waals surface area (Å²) >= 11 is 6.11. The lowest BCUT2D eigenvalue weighted by Crippen LogP contribution is -2.53. The van der Waals surface area contributed by atoms with Crippen LogP contribution in [0.3, 0.4) is 0 Å². The van der Waals surface area contributed by atoms with Gasteiger partial charge in [0.25, 0.3) is 0 Å². The number of carbonyl (C=O) groups is 2. The van der Waals surface area contributed by atoms with Gasteiger partial charge in [0.2, 0.25) is 21.8 Å². The summed E-state index contributed by atoms with van der Waals surface area (Å²) in [6, 6.07) is 8.38. The Morgan fingerprint density at radius 2 is 1.66 bits per heavy atom. The number of carbonyl (C=O) groups excluding carboxylic acids is 2. The van der Waals surface area contributed by atoms with E-state index in [1.54, 1.807) is 19.1 Å². The summed E-state index contributed by atoms with van der Waals surface area (Å²) in [5, 5.41) is 2.57. The molecule has 12 heteroatoms. The van der Waals surface area contributed by atoms with E-state index >= 15 is 0 Å². The van der Waals surface area contributed by atoms with Crippen molar-refractivity contribution in [3.05, 3.63) is 64.2 Å². The molecular weight excluding hydrogens is 543 g/mol. The molecule has 0 fully saturated rings. The molecule has 1 N–H and O–H groups in total. The Kier molecular flexibility index (Phi) is 10.6. The molecule has 7 nitrogen and oxygen atoms in total. The topological polar surface area (TPSA) is 86.8 Å². The van der Waals surface area contributed by atoms with Crippen molar-refractivity contribution >= 4 is 39.1 Å². The summed E-state index contributed by atoms with van der Waals surface area (Å²) in [6.07, 6.45) is -3.10. The van der Waals surface area contributed by atoms with Gasteiger partial charge in [-0.05, 0) is 50.5 Å². The predicted octanol–water partition coefficient (Wildman–Crippen LogP) is 5.16. The molecule has 0 aromatic heterocycles. The Balaban J connectivity index is 2.54. The van der Waals surface area contributed by atoms with Crippen LogP contribution >= 0.6 is 11.6 Å². The molecule has 2 amide bonds. The van der Waals surface area contributed by atoms with Gasteiger partial charge in [-0.15, -0.1) is 0 Å². The third-order valence-corrected chi connectivity index (χ3v) is 7.53. The van der Waals surface area contributed by atoms with Gasteiger partial charge in [0, 0.05) is 12.6 Å². The standard InChI is InChI=1S/C26H33ClF3N3O4S/c1-6-18(4)31-25(35)22(7-2)32(15-19-10-8-17(3)9-11-19)24(34)16-33(38(5,36)37)23-14-20(26(28,29)30)12-13-21(23)27/h8-14,18,22H,6-7,15-16H2,1-5H3,(H,31,35). The Morgan fingerprint density at radius 1 is 1.05 bits per heavy atom. The van der Waals surface area contributed by atoms with Crippen LogP contribution in [-0.4, -0.2) is 50.0 Å². The van der Waals surface area contributed by atoms with E-state index < -0.39 is 51.9 Å². The van der Waals surface area contributed by atoms with Crippen molar-refractivity contribution in [1.29, 1.82) is 0 Å². The Labute approximate surface area is 227 Å². The summed E-state index contributed by atoms with van der Waals surface area (Å²) < 4.78 is 66.0. The highest BCUT2D eigenvalue weighted by molar-refractivity contribution is 7.92. The molecule has 2 atom stereocenters. The minimum atomic E-state index is -4.76. The first-order valence-electron chi connectivity index (χ1n) is 12.1. The zero-order valence-electron chi connectivity index (χ0n) is 22.0. The van der Waals surface area contributed by atoms with Gasteiger partial charge in [-0.3, -0.25) is 13.9 Å². The maximum absolute atomic E-state index is 13.7. The zero-order valence-corrected chi connectivity index (χ0v) is 23.5. The number of halogens is 4. The molecule has 0 heterocycles. The van der Waals surface area contributed by atoms with Crippen molar-refractivity contribution in [2.75, 3.05) is 17.1 Å². The number of benzene rings is 2. The van der Waals surface area contributed by atoms with Gasteiger partial charge < -0.3 is 10.2 Å². The van der Waals surface area contributed by atoms with Gasteiger partial charge in [0.05, 0.1) is 22.5 Å². The molecule has 2 aromatic carbocycles. The summed E-state index contributed by atoms with van der Waals surface area (Å²) in [6.45, 7) is 6.46. The van der Waals surface area contributed by atoms with Crippen molar-refractivity contribution in [2.24, 2.45) is 0 Å². The number of nitrogens with one attached hydrogen (secondary N) is 1. The Bertz CT molecular complexity index is 1240. The van der Waals surface area contributed by atoms with Gasteiger partial charge >= 0.3 is 6.18 Å². The Hall–Kier alpha value is -2.79. The molecule has 0 bridgehead atoms. The molecule has 2 rings (SSSR count). The van der Waals surface area contributed by atoms with Gasteiger partial charge in [0.1, 0.15) is 12.6 Å². The lowest BCUT2D eigenvalue weighted by atomic mass is 10.1. The fourth-order valence-corrected chi connectivity index (χ4v) is 4.85. The van der Waals surface area contributed by atoms with E-state index in [1.165, 1.54) is 4.90 Å². The van der Waals surface area contributed by atoms with Gasteiger partial charge in [-0.2, -0.15) is 13.2 Å². The summed E-state index contributed by atoms with van der Waals surface area (Å²) in [4.78, 5) is 28.0. The van der Waals surface area contributed by atoms with Crippen LogP contribution in [0.2, 0.25) is 5.02 Å². The maximum Gasteiger partial charge on any atom is 0.416 e. The third kappa shape index (κ3) is 8.36. The largest absolute Gasteiger partial charge is 0.416 e. The lowest BCUT2D eigenvalue weighted by Gasteiger charge is -2.33. The average molecular weight is 576 g/mol. The SMILES string of the molecule is CCC(C)NC(=O)C(CC)N(Cc1ccc(C)cc1)C(=O)CN(c1cc(C(F)(F)F)ccc1Cl)S(C)(=O)=O. The number of anilines is 1. The number of sulfonamides is 1. The van der Waals surface area contributed by atoms with Crippen LogP contribution in [-0.2, 0) is 32.3 Å². The third-order valence-electron chi connectivity index (χ3n) is 6.08. The molecule has 0 saturated heterocycles. The number of hydrogen-bond donors (Lipinski definition) is 1. The van der Waals surface area contributed by atoms with Gasteiger partial charge in [0.15, 0.2) is 0 Å². The highest BCUT2D eigenvalue weighted by Crippen LogP contribution is 2.36. The van der Waals surface area contributed by atoms with Crippen molar-refractivity contribution in [3.63, 3.8) is 0 Å². The Morgan fingerprint density at radius 3 is 2.16 bits per heavy atom. The van der Waals surface area contributed by atoms with Crippen LogP contribution in [0.15, 0.2) is 42.5 Å². The first kappa shape index (κ1) is 31.4. The molecule has 2 aromatic rings. The average Bonchev–Trinajstić information content (AvgIpc) is 2.82. The van der Waals surface area contributed by atoms with Gasteiger partial charge in [-0.1, -0.05) is 55.3 Å². The predicted molar refractivity (Wildman–Crippen MR) is 142 cm³/mol. The number of nitrogens with zero attached hydrogens (tertiary/aromatic N) is 2. The molecule has 210 valence electrons. The molecule has 0 saturated carbocycles. The van der Waals surface area contributed by atoms with E-state index in [1.807, 2.05) is 32.9 Å². The van der Waals surface area contributed by atoms with E-state index in [0.29, 0.717) is 22.4 Å². The van der Waals surface area contributed by atoms with Crippen LogP contribution < -0.4 is 9.62 Å². The quantitative estimate of drug-likeness (QED) is 0.401. The van der Waals surface area contributed by atoms with E-state index in [4.69, 9.17) is 11.6 Å². The van der Waals surface area contributed by atoms with Crippen molar-refractivity contribution < 1.29 is 31.2 Å². The first-order valence-corrected chi connectivity index (χ1v) is 14.3. The van der Waals surface area contributed by atoms with Crippen molar-refractivity contribution in [1.82, 2.24) is 10.2 Å². The van der Waals surface area contributed by atoms with Crippen molar-refractivity contribution in [3.8, 4) is 0 Å². The van der Waals surface area contributed by atoms with Crippen LogP contribution in [0.25, 0.3) is 0 Å². The number of rotatable bonds is 11. The smallest absolute Gasteiger partial charge is 0.352 e. The fraction of sp³-hybridized carbons (Fsp3) is 0.462. The normalized spacial score (nSPS) is 13.5. The number of amides is 2. The second kappa shape index (κ2) is 12.8. The van der Waals surface area contributed by atoms with Crippen LogP contribution in [0, 0.1) is 6.92 Å². The molecule has 0 spiro atoms. The number of alkyl halides is 3. The zero-order chi connectivity index (χ0) is 28.8. The minimum absolute atomic E-state index is 0.0144. The van der Waals surface area contributed by atoms with Crippen LogP contribution in [0.1, 0.15) is 50.3 Å². The van der Waals surface area contributed by atoms with Crippen LogP contribution in [0.5, 0.6) is 0 Å². The van der Waals surface area contributed by atoms with E-state index in [-0.39, 0.29) is 24.0 Å². The number of aryl methyl sites for hydroxylation is 1. The summed E-state index contributed by atoms with van der Waals surface area (Å²) in [7, 11) is -4.25. The highest BCUT2D eigenvalue weighted by Gasteiger charge is 2.35. The molecule has 0 aliphatic heterocycles. The second-order valence-electron chi connectivity index (χ2n) is 9.18. The van der Waals surface area contributed by atoms with E-state index in [9.17, 15) is 31.2 Å². The lowest BCUT2D eigenvalue weighted by molar-refractivity contribution is -0.140. The summed E-state index contributed by atoms with van der Waals surface area (Å²) in [5.41, 5.74) is 0.0796. The minimum Gasteiger partial charge on any atom is -0.352 e. The monoisotopic (exact) mass is 575 g/mol. The number of hydrogen-bond acceptors (Lipinski definition) is 4. The molecule has 0 aliphatic rings. The first-order chi connectivity index (χ1) is 17.6. The van der Waals surface area contributed by atoms with Gasteiger partial charge in [-0.25, -0.2) is 8.42 Å². The van der Waals surface area contributed by atoms with E-state index in [2.05, 4.69) is 5.32 Å². The maximum atomic E-state index is 13.7. The highest BCUT2D eigenvalue weighted by atomic mass is 35.5. The fourth-order valence-electron chi connectivity index (χ4n) is 3.73. The van der Waals surface area contributed by atoms with E-state index in [0.717, 1.165) is 24.0 Å².